The molecular weight excluding hydrogens is 215 g/mol. The van der Waals surface area contributed by atoms with Crippen molar-refractivity contribution in [3.8, 4) is 0 Å². The molecule has 0 amide bonds. The van der Waals surface area contributed by atoms with Gasteiger partial charge < -0.3 is 5.32 Å². The van der Waals surface area contributed by atoms with Crippen LogP contribution in [0.25, 0.3) is 0 Å². The number of aryl methyl sites for hydroxylation is 1. The van der Waals surface area contributed by atoms with Crippen molar-refractivity contribution in [2.75, 3.05) is 20.1 Å². The van der Waals surface area contributed by atoms with E-state index in [0.29, 0.717) is 6.04 Å². The van der Waals surface area contributed by atoms with Crippen LogP contribution in [0.2, 0.25) is 0 Å². The van der Waals surface area contributed by atoms with Crippen molar-refractivity contribution in [2.24, 2.45) is 0 Å². The monoisotopic (exact) mass is 236 g/mol. The molecule has 1 N–H and O–H groups in total. The summed E-state index contributed by atoms with van der Waals surface area (Å²) in [5, 5.41) is 3.33. The summed E-state index contributed by atoms with van der Waals surface area (Å²) in [6, 6.07) is 5.76. The molecule has 0 aromatic heterocycles. The Hall–Kier alpha value is -0.930. The van der Waals surface area contributed by atoms with Gasteiger partial charge >= 0.3 is 0 Å². The molecule has 1 heterocycles. The van der Waals surface area contributed by atoms with Crippen LogP contribution in [0, 0.1) is 12.7 Å². The van der Waals surface area contributed by atoms with Crippen molar-refractivity contribution in [1.82, 2.24) is 10.2 Å². The highest BCUT2D eigenvalue weighted by Crippen LogP contribution is 2.16. The van der Waals surface area contributed by atoms with Gasteiger partial charge in [0.1, 0.15) is 5.82 Å². The summed E-state index contributed by atoms with van der Waals surface area (Å²) < 4.78 is 13.0. The molecular formula is C14H21FN2. The lowest BCUT2D eigenvalue weighted by molar-refractivity contribution is 0.194. The Morgan fingerprint density at radius 3 is 2.65 bits per heavy atom. The van der Waals surface area contributed by atoms with Crippen LogP contribution in [-0.2, 0) is 6.54 Å². The van der Waals surface area contributed by atoms with E-state index in [-0.39, 0.29) is 5.82 Å². The van der Waals surface area contributed by atoms with Gasteiger partial charge in [-0.3, -0.25) is 4.90 Å². The van der Waals surface area contributed by atoms with E-state index < -0.39 is 0 Å². The quantitative estimate of drug-likeness (QED) is 0.866. The van der Waals surface area contributed by atoms with Crippen LogP contribution >= 0.6 is 0 Å². The van der Waals surface area contributed by atoms with Gasteiger partial charge in [-0.25, -0.2) is 4.39 Å². The molecule has 1 aliphatic heterocycles. The molecule has 0 unspecified atom stereocenters. The zero-order valence-electron chi connectivity index (χ0n) is 10.7. The molecule has 1 aliphatic rings. The fourth-order valence-corrected chi connectivity index (χ4v) is 2.46. The highest BCUT2D eigenvalue weighted by atomic mass is 19.1. The zero-order chi connectivity index (χ0) is 12.3. The predicted octanol–water partition coefficient (Wildman–Crippen LogP) is 2.32. The maximum absolute atomic E-state index is 13.0. The van der Waals surface area contributed by atoms with Gasteiger partial charge in [0.05, 0.1) is 0 Å². The molecule has 2 nitrogen and oxygen atoms in total. The number of likely N-dealkylation sites (tertiary alicyclic amines) is 1. The van der Waals surface area contributed by atoms with E-state index >= 15 is 0 Å². The Bertz CT molecular complexity index is 370. The summed E-state index contributed by atoms with van der Waals surface area (Å²) in [6.45, 7) is 5.19. The van der Waals surface area contributed by atoms with Crippen molar-refractivity contribution >= 4 is 0 Å². The molecule has 1 saturated heterocycles. The molecule has 0 aliphatic carbocycles. The van der Waals surface area contributed by atoms with Crippen molar-refractivity contribution in [3.63, 3.8) is 0 Å². The summed E-state index contributed by atoms with van der Waals surface area (Å²) in [6.07, 6.45) is 2.41. The van der Waals surface area contributed by atoms with E-state index in [2.05, 4.69) is 10.2 Å². The SMILES string of the molecule is CNC1CCN(Cc2ccc(F)cc2C)CC1. The van der Waals surface area contributed by atoms with E-state index in [9.17, 15) is 4.39 Å². The Morgan fingerprint density at radius 1 is 1.35 bits per heavy atom. The smallest absolute Gasteiger partial charge is 0.123 e. The molecule has 1 aromatic carbocycles. The number of hydrogen-bond donors (Lipinski definition) is 1. The van der Waals surface area contributed by atoms with Crippen LogP contribution in [0.5, 0.6) is 0 Å². The van der Waals surface area contributed by atoms with E-state index in [1.54, 1.807) is 12.1 Å². The largest absolute Gasteiger partial charge is 0.317 e. The Balaban J connectivity index is 1.93. The maximum Gasteiger partial charge on any atom is 0.123 e. The van der Waals surface area contributed by atoms with Gasteiger partial charge in [0.25, 0.3) is 0 Å². The Labute approximate surface area is 103 Å². The van der Waals surface area contributed by atoms with Gasteiger partial charge in [-0.2, -0.15) is 0 Å². The first-order chi connectivity index (χ1) is 8.19. The van der Waals surface area contributed by atoms with E-state index in [4.69, 9.17) is 0 Å². The summed E-state index contributed by atoms with van der Waals surface area (Å²) in [5.74, 6) is -0.139. The average molecular weight is 236 g/mol. The second-order valence-corrected chi connectivity index (χ2v) is 4.91. The molecule has 0 bridgehead atoms. The third-order valence-corrected chi connectivity index (χ3v) is 3.69. The van der Waals surface area contributed by atoms with E-state index in [1.807, 2.05) is 20.0 Å². The summed E-state index contributed by atoms with van der Waals surface area (Å²) in [7, 11) is 2.03. The third kappa shape index (κ3) is 3.27. The van der Waals surface area contributed by atoms with Crippen molar-refractivity contribution in [2.45, 2.75) is 32.4 Å². The van der Waals surface area contributed by atoms with Crippen molar-refractivity contribution in [3.05, 3.63) is 35.1 Å². The van der Waals surface area contributed by atoms with Crippen LogP contribution in [-0.4, -0.2) is 31.1 Å². The number of rotatable bonds is 3. The highest BCUT2D eigenvalue weighted by Gasteiger charge is 2.18. The molecule has 94 valence electrons. The van der Waals surface area contributed by atoms with Gasteiger partial charge in [-0.05, 0) is 63.2 Å². The van der Waals surface area contributed by atoms with Crippen LogP contribution in [0.15, 0.2) is 18.2 Å². The van der Waals surface area contributed by atoms with Gasteiger partial charge in [-0.15, -0.1) is 0 Å². The van der Waals surface area contributed by atoms with Gasteiger partial charge in [-0.1, -0.05) is 6.07 Å². The number of piperidine rings is 1. The molecule has 0 saturated carbocycles. The first kappa shape index (κ1) is 12.5. The molecule has 1 fully saturated rings. The maximum atomic E-state index is 13.0. The van der Waals surface area contributed by atoms with Gasteiger partial charge in [0.15, 0.2) is 0 Å². The fourth-order valence-electron chi connectivity index (χ4n) is 2.46. The number of hydrogen-bond acceptors (Lipinski definition) is 2. The van der Waals surface area contributed by atoms with E-state index in [1.165, 1.54) is 18.4 Å². The second kappa shape index (κ2) is 5.61. The Kier molecular flexibility index (Phi) is 4.13. The zero-order valence-corrected chi connectivity index (χ0v) is 10.7. The van der Waals surface area contributed by atoms with Gasteiger partial charge in [0.2, 0.25) is 0 Å². The number of halogens is 1. The van der Waals surface area contributed by atoms with Crippen LogP contribution in [0.3, 0.4) is 0 Å². The molecule has 17 heavy (non-hydrogen) atoms. The van der Waals surface area contributed by atoms with Crippen LogP contribution in [0.4, 0.5) is 4.39 Å². The molecule has 3 heteroatoms. The van der Waals surface area contributed by atoms with Crippen LogP contribution in [0.1, 0.15) is 24.0 Å². The minimum absolute atomic E-state index is 0.139. The van der Waals surface area contributed by atoms with Crippen LogP contribution < -0.4 is 5.32 Å². The van der Waals surface area contributed by atoms with Crippen molar-refractivity contribution in [1.29, 1.82) is 0 Å². The first-order valence-corrected chi connectivity index (χ1v) is 6.33. The summed E-state index contributed by atoms with van der Waals surface area (Å²) in [4.78, 5) is 2.45. The number of nitrogens with one attached hydrogen (secondary N) is 1. The third-order valence-electron chi connectivity index (χ3n) is 3.69. The lowest BCUT2D eigenvalue weighted by Gasteiger charge is -2.32. The number of nitrogens with zero attached hydrogens (tertiary/aromatic N) is 1. The normalized spacial score (nSPS) is 18.5. The standard InChI is InChI=1S/C14H21FN2/c1-11-9-13(15)4-3-12(11)10-17-7-5-14(16-2)6-8-17/h3-4,9,14,16H,5-8,10H2,1-2H3. The summed E-state index contributed by atoms with van der Waals surface area (Å²) >= 11 is 0. The number of benzene rings is 1. The topological polar surface area (TPSA) is 15.3 Å². The lowest BCUT2D eigenvalue weighted by atomic mass is 10.0. The Morgan fingerprint density at radius 2 is 2.06 bits per heavy atom. The molecule has 0 atom stereocenters. The lowest BCUT2D eigenvalue weighted by Crippen LogP contribution is -2.40. The second-order valence-electron chi connectivity index (χ2n) is 4.91. The minimum Gasteiger partial charge on any atom is -0.317 e. The van der Waals surface area contributed by atoms with Gasteiger partial charge in [0, 0.05) is 12.6 Å². The molecule has 1 aromatic rings. The molecule has 0 spiro atoms. The highest BCUT2D eigenvalue weighted by molar-refractivity contribution is 5.26. The predicted molar refractivity (Wildman–Crippen MR) is 68.5 cm³/mol. The molecule has 0 radical (unpaired) electrons. The molecule has 2 rings (SSSR count). The minimum atomic E-state index is -0.139. The van der Waals surface area contributed by atoms with Crippen molar-refractivity contribution < 1.29 is 4.39 Å². The average Bonchev–Trinajstić information content (AvgIpc) is 2.34. The van der Waals surface area contributed by atoms with E-state index in [0.717, 1.165) is 25.2 Å². The summed E-state index contributed by atoms with van der Waals surface area (Å²) in [5.41, 5.74) is 2.30. The first-order valence-electron chi connectivity index (χ1n) is 6.33. The fraction of sp³-hybridized carbons (Fsp3) is 0.571.